The largest absolute Gasteiger partial charge is 0.367 e. The van der Waals surface area contributed by atoms with Crippen LogP contribution in [0.5, 0.6) is 0 Å². The van der Waals surface area contributed by atoms with Gasteiger partial charge in [-0.05, 0) is 43.4 Å². The number of aromatic amines is 1. The summed E-state index contributed by atoms with van der Waals surface area (Å²) in [5.74, 6) is 0.729. The number of hydrogen-bond donors (Lipinski definition) is 1. The van der Waals surface area contributed by atoms with Crippen LogP contribution in [0.1, 0.15) is 29.1 Å². The van der Waals surface area contributed by atoms with Gasteiger partial charge >= 0.3 is 0 Å². The van der Waals surface area contributed by atoms with E-state index in [4.69, 9.17) is 4.98 Å². The summed E-state index contributed by atoms with van der Waals surface area (Å²) < 4.78 is 0. The van der Waals surface area contributed by atoms with Gasteiger partial charge in [0.05, 0.1) is 11.9 Å². The van der Waals surface area contributed by atoms with Crippen LogP contribution in [-0.2, 0) is 19.4 Å². The number of hydrogen-bond acceptors (Lipinski definition) is 4. The standard InChI is InChI=1S/C18H19N3OS/c1-21(12-7-3-2-4-8-12)11-15-19-17(22)16-13-9-5-6-10-14(13)23-18(16)20-15/h2-4,7-8H,5-6,9-11H2,1H3,(H,19,20,22). The molecule has 1 aliphatic carbocycles. The molecule has 0 radical (unpaired) electrons. The van der Waals surface area contributed by atoms with E-state index in [1.807, 2.05) is 25.2 Å². The van der Waals surface area contributed by atoms with Crippen LogP contribution in [0.4, 0.5) is 5.69 Å². The Morgan fingerprint density at radius 3 is 2.83 bits per heavy atom. The lowest BCUT2D eigenvalue weighted by Crippen LogP contribution is -2.21. The molecule has 5 heteroatoms. The molecule has 1 aliphatic rings. The molecule has 4 rings (SSSR count). The first-order chi connectivity index (χ1) is 11.2. The van der Waals surface area contributed by atoms with Gasteiger partial charge in [0, 0.05) is 17.6 Å². The topological polar surface area (TPSA) is 49.0 Å². The zero-order chi connectivity index (χ0) is 15.8. The van der Waals surface area contributed by atoms with Crippen LogP contribution in [0.3, 0.4) is 0 Å². The molecule has 2 aromatic heterocycles. The van der Waals surface area contributed by atoms with E-state index < -0.39 is 0 Å². The van der Waals surface area contributed by atoms with E-state index in [1.54, 1.807) is 11.3 Å². The molecule has 1 aromatic carbocycles. The molecule has 23 heavy (non-hydrogen) atoms. The third-order valence-electron chi connectivity index (χ3n) is 4.46. The minimum atomic E-state index is 0.0193. The predicted molar refractivity (Wildman–Crippen MR) is 95.4 cm³/mol. The monoisotopic (exact) mass is 325 g/mol. The average molecular weight is 325 g/mol. The van der Waals surface area contributed by atoms with Crippen molar-refractivity contribution in [3.8, 4) is 0 Å². The van der Waals surface area contributed by atoms with Gasteiger partial charge in [-0.1, -0.05) is 18.2 Å². The van der Waals surface area contributed by atoms with Crippen LogP contribution in [0.25, 0.3) is 10.2 Å². The Bertz CT molecular complexity index is 898. The van der Waals surface area contributed by atoms with Crippen LogP contribution < -0.4 is 10.5 Å². The molecule has 0 saturated carbocycles. The maximum absolute atomic E-state index is 12.5. The molecular weight excluding hydrogens is 306 g/mol. The van der Waals surface area contributed by atoms with Crippen LogP contribution in [0.2, 0.25) is 0 Å². The minimum absolute atomic E-state index is 0.0193. The molecule has 0 spiro atoms. The van der Waals surface area contributed by atoms with E-state index >= 15 is 0 Å². The highest BCUT2D eigenvalue weighted by Gasteiger charge is 2.19. The lowest BCUT2D eigenvalue weighted by atomic mass is 9.97. The number of nitrogens with zero attached hydrogens (tertiary/aromatic N) is 2. The van der Waals surface area contributed by atoms with Crippen molar-refractivity contribution in [3.63, 3.8) is 0 Å². The first-order valence-corrected chi connectivity index (χ1v) is 8.83. The highest BCUT2D eigenvalue weighted by atomic mass is 32.1. The number of H-pyrrole nitrogens is 1. The molecule has 3 aromatic rings. The lowest BCUT2D eigenvalue weighted by molar-refractivity contribution is 0.700. The summed E-state index contributed by atoms with van der Waals surface area (Å²) in [4.78, 5) is 24.6. The Morgan fingerprint density at radius 2 is 2.00 bits per heavy atom. The van der Waals surface area contributed by atoms with Crippen molar-refractivity contribution in [3.05, 3.63) is 57.0 Å². The van der Waals surface area contributed by atoms with Gasteiger partial charge in [-0.15, -0.1) is 11.3 Å². The van der Waals surface area contributed by atoms with E-state index in [1.165, 1.54) is 23.3 Å². The Kier molecular flexibility index (Phi) is 3.65. The molecule has 0 atom stereocenters. The van der Waals surface area contributed by atoms with E-state index in [0.717, 1.165) is 34.6 Å². The molecule has 1 N–H and O–H groups in total. The normalized spacial score (nSPS) is 14.0. The lowest BCUT2D eigenvalue weighted by Gasteiger charge is -2.18. The molecule has 0 saturated heterocycles. The number of para-hydroxylation sites is 1. The molecular formula is C18H19N3OS. The second-order valence-electron chi connectivity index (χ2n) is 6.10. The van der Waals surface area contributed by atoms with Crippen LogP contribution in [0.15, 0.2) is 35.1 Å². The molecule has 0 fully saturated rings. The van der Waals surface area contributed by atoms with Crippen molar-refractivity contribution >= 4 is 27.2 Å². The summed E-state index contributed by atoms with van der Waals surface area (Å²) in [7, 11) is 2.01. The zero-order valence-electron chi connectivity index (χ0n) is 13.1. The van der Waals surface area contributed by atoms with Gasteiger partial charge in [0.2, 0.25) is 0 Å². The average Bonchev–Trinajstić information content (AvgIpc) is 2.94. The maximum atomic E-state index is 12.5. The van der Waals surface area contributed by atoms with Crippen molar-refractivity contribution < 1.29 is 0 Å². The third kappa shape index (κ3) is 2.65. The quantitative estimate of drug-likeness (QED) is 0.802. The van der Waals surface area contributed by atoms with E-state index in [-0.39, 0.29) is 5.56 Å². The maximum Gasteiger partial charge on any atom is 0.259 e. The highest BCUT2D eigenvalue weighted by molar-refractivity contribution is 7.18. The molecule has 4 nitrogen and oxygen atoms in total. The molecule has 0 amide bonds. The van der Waals surface area contributed by atoms with Crippen molar-refractivity contribution in [2.24, 2.45) is 0 Å². The minimum Gasteiger partial charge on any atom is -0.367 e. The Hall–Kier alpha value is -2.14. The smallest absolute Gasteiger partial charge is 0.259 e. The Morgan fingerprint density at radius 1 is 1.22 bits per heavy atom. The van der Waals surface area contributed by atoms with E-state index in [9.17, 15) is 4.79 Å². The molecule has 0 aliphatic heterocycles. The summed E-state index contributed by atoms with van der Waals surface area (Å²) in [6.07, 6.45) is 4.51. The second-order valence-corrected chi connectivity index (χ2v) is 7.18. The van der Waals surface area contributed by atoms with Crippen LogP contribution in [-0.4, -0.2) is 17.0 Å². The summed E-state index contributed by atoms with van der Waals surface area (Å²) in [6, 6.07) is 10.1. The summed E-state index contributed by atoms with van der Waals surface area (Å²) in [5.41, 5.74) is 2.37. The number of rotatable bonds is 3. The fourth-order valence-electron chi connectivity index (χ4n) is 3.28. The fraction of sp³-hybridized carbons (Fsp3) is 0.333. The van der Waals surface area contributed by atoms with Crippen molar-refractivity contribution in [2.75, 3.05) is 11.9 Å². The summed E-state index contributed by atoms with van der Waals surface area (Å²) in [5, 5.41) is 0.829. The fourth-order valence-corrected chi connectivity index (χ4v) is 4.56. The molecule has 2 heterocycles. The summed E-state index contributed by atoms with van der Waals surface area (Å²) >= 11 is 1.70. The van der Waals surface area contributed by atoms with Gasteiger partial charge in [0.1, 0.15) is 10.7 Å². The van der Waals surface area contributed by atoms with Crippen molar-refractivity contribution in [2.45, 2.75) is 32.2 Å². The molecule has 0 bridgehead atoms. The Labute approximate surface area is 138 Å². The number of anilines is 1. The number of aryl methyl sites for hydroxylation is 2. The van der Waals surface area contributed by atoms with Crippen LogP contribution in [0, 0.1) is 0 Å². The second kappa shape index (κ2) is 5.81. The van der Waals surface area contributed by atoms with Crippen molar-refractivity contribution in [1.82, 2.24) is 9.97 Å². The number of benzene rings is 1. The van der Waals surface area contributed by atoms with E-state index in [0.29, 0.717) is 6.54 Å². The van der Waals surface area contributed by atoms with Crippen LogP contribution >= 0.6 is 11.3 Å². The number of aromatic nitrogens is 2. The number of thiophene rings is 1. The van der Waals surface area contributed by atoms with Gasteiger partial charge < -0.3 is 9.88 Å². The predicted octanol–water partition coefficient (Wildman–Crippen LogP) is 3.50. The van der Waals surface area contributed by atoms with Gasteiger partial charge in [0.25, 0.3) is 5.56 Å². The van der Waals surface area contributed by atoms with Gasteiger partial charge in [-0.25, -0.2) is 4.98 Å². The number of nitrogens with one attached hydrogen (secondary N) is 1. The van der Waals surface area contributed by atoms with Gasteiger partial charge in [0.15, 0.2) is 0 Å². The zero-order valence-corrected chi connectivity index (χ0v) is 13.9. The number of fused-ring (bicyclic) bond motifs is 3. The molecule has 118 valence electrons. The first kappa shape index (κ1) is 14.5. The van der Waals surface area contributed by atoms with E-state index in [2.05, 4.69) is 22.0 Å². The Balaban J connectivity index is 1.70. The highest BCUT2D eigenvalue weighted by Crippen LogP contribution is 2.33. The molecule has 0 unspecified atom stereocenters. The van der Waals surface area contributed by atoms with Gasteiger partial charge in [-0.3, -0.25) is 4.79 Å². The first-order valence-electron chi connectivity index (χ1n) is 8.02. The SMILES string of the molecule is CN(Cc1nc2sc3c(c2c(=O)[nH]1)CCCC3)c1ccccc1. The third-order valence-corrected chi connectivity index (χ3v) is 5.64. The summed E-state index contributed by atoms with van der Waals surface area (Å²) in [6.45, 7) is 0.595. The van der Waals surface area contributed by atoms with Gasteiger partial charge in [-0.2, -0.15) is 0 Å². The van der Waals surface area contributed by atoms with Crippen molar-refractivity contribution in [1.29, 1.82) is 0 Å².